The number of aryl methyl sites for hydroxylation is 1. The monoisotopic (exact) mass is 252 g/mol. The normalized spacial score (nSPS) is 13.1. The molecule has 0 aliphatic carbocycles. The number of aromatic amines is 1. The molecule has 0 fully saturated rings. The SMILES string of the molecule is CCCCn1[nH]c(C(C)(C)C)c(C(C)(C)C)c1=O. The number of nitrogens with one attached hydrogen (secondary N) is 1. The van der Waals surface area contributed by atoms with E-state index in [0.29, 0.717) is 0 Å². The van der Waals surface area contributed by atoms with Gasteiger partial charge in [-0.1, -0.05) is 54.9 Å². The Hall–Kier alpha value is -0.990. The molecule has 1 N–H and O–H groups in total. The number of hydrogen-bond donors (Lipinski definition) is 1. The molecule has 0 radical (unpaired) electrons. The summed E-state index contributed by atoms with van der Waals surface area (Å²) in [5.41, 5.74) is 2.02. The highest BCUT2D eigenvalue weighted by molar-refractivity contribution is 5.30. The van der Waals surface area contributed by atoms with Crippen molar-refractivity contribution >= 4 is 0 Å². The molecule has 0 saturated heterocycles. The summed E-state index contributed by atoms with van der Waals surface area (Å²) in [6.45, 7) is 15.7. The molecule has 0 amide bonds. The topological polar surface area (TPSA) is 37.8 Å². The first-order valence-electron chi connectivity index (χ1n) is 6.92. The van der Waals surface area contributed by atoms with Crippen LogP contribution in [0.5, 0.6) is 0 Å². The number of rotatable bonds is 3. The highest BCUT2D eigenvalue weighted by Crippen LogP contribution is 2.30. The van der Waals surface area contributed by atoms with Crippen LogP contribution in [0, 0.1) is 0 Å². The third-order valence-corrected chi connectivity index (χ3v) is 3.19. The van der Waals surface area contributed by atoms with Crippen LogP contribution in [0.2, 0.25) is 0 Å². The van der Waals surface area contributed by atoms with Crippen LogP contribution in [-0.2, 0) is 17.4 Å². The largest absolute Gasteiger partial charge is 0.299 e. The van der Waals surface area contributed by atoms with Gasteiger partial charge in [0.15, 0.2) is 0 Å². The Balaban J connectivity index is 3.38. The van der Waals surface area contributed by atoms with Gasteiger partial charge < -0.3 is 0 Å². The fourth-order valence-electron chi connectivity index (χ4n) is 2.20. The van der Waals surface area contributed by atoms with Gasteiger partial charge in [0.05, 0.1) is 0 Å². The number of unbranched alkanes of at least 4 members (excludes halogenated alkanes) is 1. The minimum Gasteiger partial charge on any atom is -0.299 e. The minimum absolute atomic E-state index is 0.0285. The number of hydrogen-bond acceptors (Lipinski definition) is 1. The quantitative estimate of drug-likeness (QED) is 0.877. The van der Waals surface area contributed by atoms with Crippen molar-refractivity contribution in [2.24, 2.45) is 0 Å². The predicted octanol–water partition coefficient (Wildman–Crippen LogP) is 3.57. The molecule has 1 rings (SSSR count). The lowest BCUT2D eigenvalue weighted by Gasteiger charge is -2.24. The van der Waals surface area contributed by atoms with Crippen molar-refractivity contribution in [3.63, 3.8) is 0 Å². The summed E-state index contributed by atoms with van der Waals surface area (Å²) in [5.74, 6) is 0. The van der Waals surface area contributed by atoms with E-state index in [9.17, 15) is 4.79 Å². The van der Waals surface area contributed by atoms with E-state index in [2.05, 4.69) is 53.6 Å². The Morgan fingerprint density at radius 3 is 1.94 bits per heavy atom. The van der Waals surface area contributed by atoms with Crippen LogP contribution in [-0.4, -0.2) is 9.78 Å². The fourth-order valence-corrected chi connectivity index (χ4v) is 2.20. The zero-order valence-corrected chi connectivity index (χ0v) is 13.0. The van der Waals surface area contributed by atoms with Crippen molar-refractivity contribution in [3.8, 4) is 0 Å². The molecule has 0 saturated carbocycles. The van der Waals surface area contributed by atoms with Crippen LogP contribution in [0.25, 0.3) is 0 Å². The zero-order chi connectivity index (χ0) is 14.1. The van der Waals surface area contributed by atoms with Gasteiger partial charge in [-0.3, -0.25) is 14.6 Å². The van der Waals surface area contributed by atoms with E-state index in [1.807, 2.05) is 0 Å². The summed E-state index contributed by atoms with van der Waals surface area (Å²) in [7, 11) is 0. The van der Waals surface area contributed by atoms with E-state index >= 15 is 0 Å². The molecule has 0 bridgehead atoms. The third kappa shape index (κ3) is 3.06. The van der Waals surface area contributed by atoms with Crippen molar-refractivity contribution in [1.29, 1.82) is 0 Å². The molecular formula is C15H28N2O. The van der Waals surface area contributed by atoms with Crippen LogP contribution >= 0.6 is 0 Å². The summed E-state index contributed by atoms with van der Waals surface area (Å²) in [5, 5.41) is 3.34. The second kappa shape index (κ2) is 4.94. The first kappa shape index (κ1) is 15.1. The van der Waals surface area contributed by atoms with Gasteiger partial charge in [0.25, 0.3) is 5.56 Å². The number of nitrogens with zero attached hydrogens (tertiary/aromatic N) is 1. The molecule has 1 aromatic heterocycles. The van der Waals surface area contributed by atoms with E-state index in [1.54, 1.807) is 4.68 Å². The summed E-state index contributed by atoms with van der Waals surface area (Å²) in [4.78, 5) is 12.5. The second-order valence-corrected chi connectivity index (χ2v) is 7.17. The van der Waals surface area contributed by atoms with Crippen LogP contribution in [0.4, 0.5) is 0 Å². The van der Waals surface area contributed by atoms with Gasteiger partial charge in [-0.25, -0.2) is 0 Å². The molecule has 3 heteroatoms. The van der Waals surface area contributed by atoms with Crippen molar-refractivity contribution < 1.29 is 0 Å². The smallest absolute Gasteiger partial charge is 0.270 e. The minimum atomic E-state index is -0.117. The average molecular weight is 252 g/mol. The Kier molecular flexibility index (Phi) is 4.14. The maximum absolute atomic E-state index is 12.5. The molecule has 1 heterocycles. The van der Waals surface area contributed by atoms with Gasteiger partial charge in [0.1, 0.15) is 0 Å². The molecular weight excluding hydrogens is 224 g/mol. The highest BCUT2D eigenvalue weighted by Gasteiger charge is 2.31. The van der Waals surface area contributed by atoms with E-state index in [0.717, 1.165) is 30.6 Å². The lowest BCUT2D eigenvalue weighted by Crippen LogP contribution is -2.28. The first-order chi connectivity index (χ1) is 8.09. The van der Waals surface area contributed by atoms with Crippen LogP contribution < -0.4 is 5.56 Å². The Labute approximate surface area is 111 Å². The molecule has 18 heavy (non-hydrogen) atoms. The number of aromatic nitrogens is 2. The highest BCUT2D eigenvalue weighted by atomic mass is 16.1. The molecule has 0 unspecified atom stereocenters. The Morgan fingerprint density at radius 1 is 1.06 bits per heavy atom. The maximum atomic E-state index is 12.5. The molecule has 0 aliphatic heterocycles. The molecule has 0 atom stereocenters. The van der Waals surface area contributed by atoms with Gasteiger partial charge in [-0.05, 0) is 11.8 Å². The van der Waals surface area contributed by atoms with E-state index in [4.69, 9.17) is 0 Å². The zero-order valence-electron chi connectivity index (χ0n) is 13.0. The third-order valence-electron chi connectivity index (χ3n) is 3.19. The predicted molar refractivity (Wildman–Crippen MR) is 77.4 cm³/mol. The Bertz CT molecular complexity index is 452. The van der Waals surface area contributed by atoms with Gasteiger partial charge >= 0.3 is 0 Å². The summed E-state index contributed by atoms with van der Waals surface area (Å²) in [6.07, 6.45) is 2.13. The van der Waals surface area contributed by atoms with Crippen LogP contribution in [0.3, 0.4) is 0 Å². The van der Waals surface area contributed by atoms with Gasteiger partial charge in [-0.2, -0.15) is 0 Å². The standard InChI is InChI=1S/C15H28N2O/c1-8-9-10-17-13(18)11(14(2,3)4)12(16-17)15(5,6)7/h16H,8-10H2,1-7H3. The molecule has 1 aromatic rings. The van der Waals surface area contributed by atoms with E-state index < -0.39 is 0 Å². The second-order valence-electron chi connectivity index (χ2n) is 7.17. The van der Waals surface area contributed by atoms with Crippen molar-refractivity contribution in [2.45, 2.75) is 78.7 Å². The van der Waals surface area contributed by atoms with Crippen LogP contribution in [0.1, 0.15) is 72.6 Å². The molecule has 104 valence electrons. The van der Waals surface area contributed by atoms with Crippen molar-refractivity contribution in [2.75, 3.05) is 0 Å². The van der Waals surface area contributed by atoms with Crippen molar-refractivity contribution in [3.05, 3.63) is 21.6 Å². The van der Waals surface area contributed by atoms with Crippen LogP contribution in [0.15, 0.2) is 4.79 Å². The van der Waals surface area contributed by atoms with E-state index in [1.165, 1.54) is 0 Å². The average Bonchev–Trinajstić information content (AvgIpc) is 2.51. The molecule has 0 aromatic carbocycles. The van der Waals surface area contributed by atoms with Gasteiger partial charge in [0, 0.05) is 23.2 Å². The summed E-state index contributed by atoms with van der Waals surface area (Å²) < 4.78 is 1.78. The fraction of sp³-hybridized carbons (Fsp3) is 0.800. The first-order valence-corrected chi connectivity index (χ1v) is 6.92. The maximum Gasteiger partial charge on any atom is 0.270 e. The van der Waals surface area contributed by atoms with E-state index in [-0.39, 0.29) is 16.4 Å². The lowest BCUT2D eigenvalue weighted by molar-refractivity contribution is 0.505. The number of H-pyrrole nitrogens is 1. The lowest BCUT2D eigenvalue weighted by atomic mass is 9.80. The molecule has 0 spiro atoms. The molecule has 0 aliphatic rings. The molecule has 3 nitrogen and oxygen atoms in total. The van der Waals surface area contributed by atoms with Gasteiger partial charge in [0.2, 0.25) is 0 Å². The van der Waals surface area contributed by atoms with Crippen molar-refractivity contribution in [1.82, 2.24) is 9.78 Å². The Morgan fingerprint density at radius 2 is 1.61 bits per heavy atom. The van der Waals surface area contributed by atoms with Gasteiger partial charge in [-0.15, -0.1) is 0 Å². The summed E-state index contributed by atoms with van der Waals surface area (Å²) in [6, 6.07) is 0. The summed E-state index contributed by atoms with van der Waals surface area (Å²) >= 11 is 0.